The summed E-state index contributed by atoms with van der Waals surface area (Å²) in [6, 6.07) is 0. The van der Waals surface area contributed by atoms with Crippen LogP contribution < -0.4 is 11.2 Å². The minimum atomic E-state index is -0.751. The Morgan fingerprint density at radius 3 is 2.88 bits per heavy atom. The topological polar surface area (TPSA) is 111 Å². The average molecular weight is 403 g/mol. The molecule has 1 aliphatic rings. The zero-order chi connectivity index (χ0) is 17.9. The number of rotatable bonds is 5. The lowest BCUT2D eigenvalue weighted by atomic mass is 10.1. The second kappa shape index (κ2) is 7.91. The number of carbonyl (C=O) groups is 1. The van der Waals surface area contributed by atoms with Crippen LogP contribution >= 0.6 is 15.9 Å². The van der Waals surface area contributed by atoms with Crippen LogP contribution in [0.25, 0.3) is 6.08 Å². The number of nitrogens with one attached hydrogen (secondary N) is 1. The van der Waals surface area contributed by atoms with Gasteiger partial charge < -0.3 is 14.6 Å². The van der Waals surface area contributed by atoms with Crippen LogP contribution in [0.4, 0.5) is 0 Å². The monoisotopic (exact) mass is 402 g/mol. The maximum atomic E-state index is 12.0. The van der Waals surface area contributed by atoms with Gasteiger partial charge in [-0.05, 0) is 11.1 Å². The van der Waals surface area contributed by atoms with E-state index in [9.17, 15) is 19.5 Å². The molecule has 132 valence electrons. The van der Waals surface area contributed by atoms with Crippen molar-refractivity contribution < 1.29 is 19.4 Å². The maximum absolute atomic E-state index is 12.0. The van der Waals surface area contributed by atoms with Gasteiger partial charge in [0.2, 0.25) is 0 Å². The van der Waals surface area contributed by atoms with Gasteiger partial charge in [0.15, 0.2) is 0 Å². The smallest absolute Gasteiger partial charge is 0.330 e. The third-order valence-electron chi connectivity index (χ3n) is 3.65. The van der Waals surface area contributed by atoms with Gasteiger partial charge in [-0.2, -0.15) is 0 Å². The molecule has 1 fully saturated rings. The number of aromatic amines is 1. The van der Waals surface area contributed by atoms with E-state index in [0.717, 1.165) is 0 Å². The fraction of sp³-hybridized carbons (Fsp3) is 0.533. The number of aromatic nitrogens is 2. The zero-order valence-corrected chi connectivity index (χ0v) is 14.9. The molecular weight excluding hydrogens is 384 g/mol. The standard InChI is InChI=1S/C15H19BrN2O6/c1-8(2)14(21)24-10-5-12(23-11(10)7-19)18-6-9(3-4-16)13(20)17-15(18)22/h3-4,6,8,10-12,19H,5,7H2,1-2H3,(H,17,20,22)/b4-3+/t10-,11+,12+/m0/s1. The normalized spacial score (nSPS) is 24.0. The molecule has 2 rings (SSSR count). The van der Waals surface area contributed by atoms with Crippen LogP contribution in [0.1, 0.15) is 32.1 Å². The van der Waals surface area contributed by atoms with Gasteiger partial charge >= 0.3 is 11.7 Å². The third kappa shape index (κ3) is 4.03. The predicted molar refractivity (Wildman–Crippen MR) is 89.6 cm³/mol. The summed E-state index contributed by atoms with van der Waals surface area (Å²) >= 11 is 3.08. The summed E-state index contributed by atoms with van der Waals surface area (Å²) in [5.74, 6) is -0.714. The molecule has 24 heavy (non-hydrogen) atoms. The zero-order valence-electron chi connectivity index (χ0n) is 13.3. The van der Waals surface area contributed by atoms with Crippen molar-refractivity contribution in [2.45, 2.75) is 38.7 Å². The highest BCUT2D eigenvalue weighted by molar-refractivity contribution is 9.11. The summed E-state index contributed by atoms with van der Waals surface area (Å²) in [5, 5.41) is 9.43. The molecular formula is C15H19BrN2O6. The molecule has 9 heteroatoms. The van der Waals surface area contributed by atoms with Crippen molar-refractivity contribution in [1.29, 1.82) is 0 Å². The van der Waals surface area contributed by atoms with Crippen molar-refractivity contribution in [3.63, 3.8) is 0 Å². The molecule has 0 aliphatic carbocycles. The van der Waals surface area contributed by atoms with Gasteiger partial charge in [0, 0.05) is 12.6 Å². The molecule has 1 aromatic rings. The number of aliphatic hydroxyl groups excluding tert-OH is 1. The second-order valence-electron chi connectivity index (χ2n) is 5.72. The summed E-state index contributed by atoms with van der Waals surface area (Å²) in [7, 11) is 0. The molecule has 2 heterocycles. The van der Waals surface area contributed by atoms with Gasteiger partial charge in [-0.1, -0.05) is 29.8 Å². The van der Waals surface area contributed by atoms with Gasteiger partial charge in [-0.15, -0.1) is 0 Å². The van der Waals surface area contributed by atoms with Crippen LogP contribution in [-0.4, -0.2) is 39.4 Å². The predicted octanol–water partition coefficient (Wildman–Crippen LogP) is 0.750. The fourth-order valence-corrected chi connectivity index (χ4v) is 2.63. The number of nitrogens with zero attached hydrogens (tertiary/aromatic N) is 1. The van der Waals surface area contributed by atoms with E-state index in [-0.39, 0.29) is 24.5 Å². The third-order valence-corrected chi connectivity index (χ3v) is 3.91. The van der Waals surface area contributed by atoms with E-state index < -0.39 is 35.7 Å². The van der Waals surface area contributed by atoms with E-state index in [2.05, 4.69) is 20.9 Å². The van der Waals surface area contributed by atoms with Crippen LogP contribution in [0.5, 0.6) is 0 Å². The molecule has 1 saturated heterocycles. The quantitative estimate of drug-likeness (QED) is 0.703. The molecule has 0 aromatic carbocycles. The number of carbonyl (C=O) groups excluding carboxylic acids is 1. The Morgan fingerprint density at radius 1 is 1.58 bits per heavy atom. The van der Waals surface area contributed by atoms with Crippen LogP contribution in [0.3, 0.4) is 0 Å². The fourth-order valence-electron chi connectivity index (χ4n) is 2.35. The lowest BCUT2D eigenvalue weighted by Gasteiger charge is -2.17. The Balaban J connectivity index is 2.27. The first-order valence-electron chi connectivity index (χ1n) is 7.46. The molecule has 0 radical (unpaired) electrons. The van der Waals surface area contributed by atoms with E-state index in [0.29, 0.717) is 0 Å². The molecule has 8 nitrogen and oxygen atoms in total. The highest BCUT2D eigenvalue weighted by Gasteiger charge is 2.39. The second-order valence-corrected chi connectivity index (χ2v) is 6.25. The van der Waals surface area contributed by atoms with Crippen molar-refractivity contribution in [2.75, 3.05) is 6.61 Å². The summed E-state index contributed by atoms with van der Waals surface area (Å²) in [5.41, 5.74) is -0.895. The van der Waals surface area contributed by atoms with Gasteiger partial charge in [0.05, 0.1) is 18.1 Å². The highest BCUT2D eigenvalue weighted by Crippen LogP contribution is 2.30. The first-order valence-corrected chi connectivity index (χ1v) is 8.38. The molecule has 1 aliphatic heterocycles. The number of esters is 1. The lowest BCUT2D eigenvalue weighted by molar-refractivity contribution is -0.156. The summed E-state index contributed by atoms with van der Waals surface area (Å²) < 4.78 is 12.2. The summed E-state index contributed by atoms with van der Waals surface area (Å²) in [6.07, 6.45) is 0.913. The highest BCUT2D eigenvalue weighted by atomic mass is 79.9. The molecule has 3 atom stereocenters. The molecule has 0 unspecified atom stereocenters. The van der Waals surface area contributed by atoms with E-state index in [1.54, 1.807) is 13.8 Å². The Labute approximate surface area is 146 Å². The van der Waals surface area contributed by atoms with E-state index in [4.69, 9.17) is 9.47 Å². The molecule has 0 saturated carbocycles. The van der Waals surface area contributed by atoms with Gasteiger partial charge in [0.25, 0.3) is 5.56 Å². The van der Waals surface area contributed by atoms with E-state index in [1.165, 1.54) is 21.8 Å². The van der Waals surface area contributed by atoms with Crippen LogP contribution in [0.15, 0.2) is 20.8 Å². The number of H-pyrrole nitrogens is 1. The number of halogens is 1. The first-order chi connectivity index (χ1) is 11.4. The molecule has 0 bridgehead atoms. The van der Waals surface area contributed by atoms with E-state index >= 15 is 0 Å². The Hall–Kier alpha value is -1.71. The van der Waals surface area contributed by atoms with Crippen molar-refractivity contribution >= 4 is 28.0 Å². The average Bonchev–Trinajstić information content (AvgIpc) is 2.92. The first kappa shape index (κ1) is 18.6. The SMILES string of the molecule is CC(C)C(=O)O[C@H]1C[C@H](n2cc(/C=C/Br)c(=O)[nH]c2=O)O[C@@H]1CO. The van der Waals surface area contributed by atoms with Crippen LogP contribution in [0.2, 0.25) is 0 Å². The maximum Gasteiger partial charge on any atom is 0.330 e. The number of ether oxygens (including phenoxy) is 2. The minimum Gasteiger partial charge on any atom is -0.459 e. The van der Waals surface area contributed by atoms with Crippen molar-refractivity contribution in [1.82, 2.24) is 9.55 Å². The summed E-state index contributed by atoms with van der Waals surface area (Å²) in [6.45, 7) is 3.06. The number of aliphatic hydroxyl groups is 1. The Kier molecular flexibility index (Phi) is 6.14. The van der Waals surface area contributed by atoms with Crippen molar-refractivity contribution in [2.24, 2.45) is 5.92 Å². The van der Waals surface area contributed by atoms with Crippen molar-refractivity contribution in [3.8, 4) is 0 Å². The minimum absolute atomic E-state index is 0.201. The largest absolute Gasteiger partial charge is 0.459 e. The summed E-state index contributed by atoms with van der Waals surface area (Å²) in [4.78, 5) is 39.2. The Morgan fingerprint density at radius 2 is 2.29 bits per heavy atom. The van der Waals surface area contributed by atoms with Gasteiger partial charge in [0.1, 0.15) is 18.4 Å². The van der Waals surface area contributed by atoms with Gasteiger partial charge in [-0.25, -0.2) is 4.79 Å². The molecule has 0 amide bonds. The van der Waals surface area contributed by atoms with Crippen LogP contribution in [0, 0.1) is 5.92 Å². The lowest BCUT2D eigenvalue weighted by Crippen LogP contribution is -2.33. The number of hydrogen-bond donors (Lipinski definition) is 2. The van der Waals surface area contributed by atoms with Crippen LogP contribution in [-0.2, 0) is 14.3 Å². The van der Waals surface area contributed by atoms with E-state index in [1.807, 2.05) is 0 Å². The van der Waals surface area contributed by atoms with Gasteiger partial charge in [-0.3, -0.25) is 19.1 Å². The molecule has 1 aromatic heterocycles. The number of hydrogen-bond acceptors (Lipinski definition) is 6. The molecule has 2 N–H and O–H groups in total. The molecule has 0 spiro atoms. The Bertz CT molecular complexity index is 738. The van der Waals surface area contributed by atoms with Crippen molar-refractivity contribution in [3.05, 3.63) is 37.6 Å².